The number of thiazole rings is 1. The smallest absolute Gasteiger partial charge is 0.312 e. The first kappa shape index (κ1) is 13.1. The number of anilines is 2. The highest BCUT2D eigenvalue weighted by molar-refractivity contribution is 7.15. The highest BCUT2D eigenvalue weighted by Crippen LogP contribution is 2.39. The average molecular weight is 288 g/mol. The summed E-state index contributed by atoms with van der Waals surface area (Å²) in [4.78, 5) is 16.8. The molecule has 0 spiro atoms. The van der Waals surface area contributed by atoms with Crippen molar-refractivity contribution >= 4 is 28.1 Å². The minimum absolute atomic E-state index is 0.435. The lowest BCUT2D eigenvalue weighted by Gasteiger charge is -2.10. The molecule has 0 fully saturated rings. The topological polar surface area (TPSA) is 62.2 Å². The lowest BCUT2D eigenvalue weighted by Crippen LogP contribution is -2.08. The number of aromatic nitrogens is 1. The summed E-state index contributed by atoms with van der Waals surface area (Å²) in [5.41, 5.74) is 4.13. The number of rotatable bonds is 3. The van der Waals surface area contributed by atoms with E-state index in [0.29, 0.717) is 6.42 Å². The Hall–Kier alpha value is -1.88. The molecule has 3 rings (SSSR count). The summed E-state index contributed by atoms with van der Waals surface area (Å²) < 4.78 is 0. The van der Waals surface area contributed by atoms with Gasteiger partial charge in [-0.3, -0.25) is 4.79 Å². The van der Waals surface area contributed by atoms with Crippen LogP contribution < -0.4 is 5.32 Å². The van der Waals surface area contributed by atoms with E-state index in [9.17, 15) is 9.90 Å². The molecular formula is C15H16N2O2S. The van der Waals surface area contributed by atoms with Crippen LogP contribution in [0.4, 0.5) is 10.8 Å². The first-order chi connectivity index (χ1) is 9.56. The number of benzene rings is 1. The predicted octanol–water partition coefficient (Wildman–Crippen LogP) is 3.62. The fourth-order valence-electron chi connectivity index (χ4n) is 2.64. The quantitative estimate of drug-likeness (QED) is 0.905. The van der Waals surface area contributed by atoms with Crippen LogP contribution in [0, 0.1) is 13.8 Å². The second-order valence-electron chi connectivity index (χ2n) is 5.15. The zero-order chi connectivity index (χ0) is 14.3. The molecule has 1 aromatic carbocycles. The molecule has 0 saturated heterocycles. The number of hydrogen-bond acceptors (Lipinski definition) is 4. The molecule has 1 aliphatic rings. The van der Waals surface area contributed by atoms with Gasteiger partial charge in [-0.2, -0.15) is 0 Å². The van der Waals surface area contributed by atoms with E-state index < -0.39 is 11.9 Å². The lowest BCUT2D eigenvalue weighted by atomic mass is 10.1. The minimum Gasteiger partial charge on any atom is -0.481 e. The number of carbonyl (C=O) groups is 1. The summed E-state index contributed by atoms with van der Waals surface area (Å²) in [6, 6.07) is 6.13. The van der Waals surface area contributed by atoms with Crippen LogP contribution in [0.25, 0.3) is 0 Å². The Morgan fingerprint density at radius 1 is 1.40 bits per heavy atom. The fourth-order valence-corrected chi connectivity index (χ4v) is 3.68. The van der Waals surface area contributed by atoms with Crippen molar-refractivity contribution in [3.8, 4) is 0 Å². The highest BCUT2D eigenvalue weighted by atomic mass is 32.1. The Morgan fingerprint density at radius 3 is 2.75 bits per heavy atom. The molecule has 2 N–H and O–H groups in total. The molecule has 1 unspecified atom stereocenters. The third kappa shape index (κ3) is 2.18. The molecule has 2 aromatic rings. The van der Waals surface area contributed by atoms with Crippen LogP contribution >= 0.6 is 11.3 Å². The number of nitrogens with zero attached hydrogens (tertiary/aromatic N) is 1. The van der Waals surface area contributed by atoms with Crippen molar-refractivity contribution in [2.24, 2.45) is 0 Å². The summed E-state index contributed by atoms with van der Waals surface area (Å²) in [7, 11) is 0. The van der Waals surface area contributed by atoms with Crippen molar-refractivity contribution in [1.82, 2.24) is 4.98 Å². The van der Waals surface area contributed by atoms with Crippen LogP contribution in [-0.2, 0) is 11.2 Å². The minimum atomic E-state index is -0.771. The van der Waals surface area contributed by atoms with Gasteiger partial charge in [-0.1, -0.05) is 18.2 Å². The van der Waals surface area contributed by atoms with Crippen molar-refractivity contribution in [2.45, 2.75) is 32.6 Å². The van der Waals surface area contributed by atoms with Gasteiger partial charge in [0.25, 0.3) is 0 Å². The van der Waals surface area contributed by atoms with Gasteiger partial charge in [0, 0.05) is 10.6 Å². The molecule has 1 heterocycles. The summed E-state index contributed by atoms with van der Waals surface area (Å²) >= 11 is 1.57. The van der Waals surface area contributed by atoms with Gasteiger partial charge in [-0.25, -0.2) is 4.98 Å². The van der Waals surface area contributed by atoms with Gasteiger partial charge in [0.2, 0.25) is 0 Å². The second kappa shape index (κ2) is 4.90. The first-order valence-corrected chi connectivity index (χ1v) is 7.43. The van der Waals surface area contributed by atoms with Gasteiger partial charge in [0.15, 0.2) is 5.13 Å². The van der Waals surface area contributed by atoms with Gasteiger partial charge >= 0.3 is 5.97 Å². The molecule has 1 aromatic heterocycles. The van der Waals surface area contributed by atoms with E-state index in [1.54, 1.807) is 11.3 Å². The molecule has 20 heavy (non-hydrogen) atoms. The van der Waals surface area contributed by atoms with Crippen LogP contribution in [0.5, 0.6) is 0 Å². The van der Waals surface area contributed by atoms with E-state index in [2.05, 4.69) is 36.3 Å². The molecule has 1 atom stereocenters. The largest absolute Gasteiger partial charge is 0.481 e. The van der Waals surface area contributed by atoms with Gasteiger partial charge < -0.3 is 10.4 Å². The molecule has 0 saturated carbocycles. The molecule has 0 amide bonds. The number of fused-ring (bicyclic) bond motifs is 1. The van der Waals surface area contributed by atoms with Crippen LogP contribution in [0.2, 0.25) is 0 Å². The van der Waals surface area contributed by atoms with E-state index in [-0.39, 0.29) is 0 Å². The summed E-state index contributed by atoms with van der Waals surface area (Å²) in [5.74, 6) is -1.21. The van der Waals surface area contributed by atoms with E-state index in [1.165, 1.54) is 0 Å². The Bertz CT molecular complexity index is 658. The average Bonchev–Trinajstić information content (AvgIpc) is 2.92. The number of para-hydroxylation sites is 1. The second-order valence-corrected chi connectivity index (χ2v) is 6.23. The number of carboxylic acid groups (broad SMARTS) is 1. The Balaban J connectivity index is 1.91. The summed E-state index contributed by atoms with van der Waals surface area (Å²) in [6.07, 6.45) is 1.49. The van der Waals surface area contributed by atoms with Crippen molar-refractivity contribution in [1.29, 1.82) is 0 Å². The Kier molecular flexibility index (Phi) is 3.22. The maximum atomic E-state index is 11.2. The number of hydrogen-bond donors (Lipinski definition) is 2. The van der Waals surface area contributed by atoms with E-state index in [1.807, 2.05) is 6.07 Å². The number of aliphatic carboxylic acids is 1. The van der Waals surface area contributed by atoms with Gasteiger partial charge in [0.1, 0.15) is 5.92 Å². The van der Waals surface area contributed by atoms with E-state index in [4.69, 9.17) is 0 Å². The maximum absolute atomic E-state index is 11.2. The molecule has 0 aliphatic heterocycles. The van der Waals surface area contributed by atoms with E-state index >= 15 is 0 Å². The Labute approximate surface area is 121 Å². The molecule has 5 heteroatoms. The van der Waals surface area contributed by atoms with Crippen LogP contribution in [0.1, 0.15) is 34.0 Å². The molecule has 104 valence electrons. The first-order valence-electron chi connectivity index (χ1n) is 6.62. The zero-order valence-corrected chi connectivity index (χ0v) is 12.3. The van der Waals surface area contributed by atoms with Crippen LogP contribution in [0.3, 0.4) is 0 Å². The number of carboxylic acids is 1. The normalized spacial score (nSPS) is 17.0. The summed E-state index contributed by atoms with van der Waals surface area (Å²) in [6.45, 7) is 4.10. The molecular weight excluding hydrogens is 272 g/mol. The van der Waals surface area contributed by atoms with Crippen molar-refractivity contribution < 1.29 is 9.90 Å². The zero-order valence-electron chi connectivity index (χ0n) is 11.4. The third-order valence-corrected chi connectivity index (χ3v) is 4.78. The number of aryl methyl sites for hydroxylation is 3. The standard InChI is InChI=1S/C15H16N2O2S/c1-8-4-3-5-9(2)12(8)16-15-17-13-10(14(18)19)6-7-11(13)20-15/h3-5,10H,6-7H2,1-2H3,(H,16,17)(H,18,19). The SMILES string of the molecule is Cc1cccc(C)c1Nc1nc2c(s1)CCC2C(=O)O. The van der Waals surface area contributed by atoms with Crippen LogP contribution in [-0.4, -0.2) is 16.1 Å². The third-order valence-electron chi connectivity index (χ3n) is 3.73. The van der Waals surface area contributed by atoms with Gasteiger partial charge in [-0.15, -0.1) is 11.3 Å². The maximum Gasteiger partial charge on any atom is 0.312 e. The lowest BCUT2D eigenvalue weighted by molar-refractivity contribution is -0.138. The van der Waals surface area contributed by atoms with Crippen molar-refractivity contribution in [2.75, 3.05) is 5.32 Å². The van der Waals surface area contributed by atoms with Crippen molar-refractivity contribution in [3.05, 3.63) is 39.9 Å². The van der Waals surface area contributed by atoms with Crippen molar-refractivity contribution in [3.63, 3.8) is 0 Å². The molecule has 4 nitrogen and oxygen atoms in total. The highest BCUT2D eigenvalue weighted by Gasteiger charge is 2.32. The fraction of sp³-hybridized carbons (Fsp3) is 0.333. The van der Waals surface area contributed by atoms with Gasteiger partial charge in [-0.05, 0) is 37.8 Å². The molecule has 1 aliphatic carbocycles. The van der Waals surface area contributed by atoms with Gasteiger partial charge in [0.05, 0.1) is 5.69 Å². The van der Waals surface area contributed by atoms with Crippen LogP contribution in [0.15, 0.2) is 18.2 Å². The predicted molar refractivity (Wildman–Crippen MR) is 80.0 cm³/mol. The number of nitrogens with one attached hydrogen (secondary N) is 1. The van der Waals surface area contributed by atoms with E-state index in [0.717, 1.165) is 38.9 Å². The Morgan fingerprint density at radius 2 is 2.10 bits per heavy atom. The monoisotopic (exact) mass is 288 g/mol. The molecule has 0 bridgehead atoms. The molecule has 0 radical (unpaired) electrons. The summed E-state index contributed by atoms with van der Waals surface area (Å²) in [5, 5.41) is 13.3.